The molecule has 1 N–H and O–H groups in total. The van der Waals surface area contributed by atoms with E-state index in [4.69, 9.17) is 4.74 Å². The molecule has 27 heavy (non-hydrogen) atoms. The van der Waals surface area contributed by atoms with E-state index >= 15 is 0 Å². The lowest BCUT2D eigenvalue weighted by Gasteiger charge is -2.20. The smallest absolute Gasteiger partial charge is 0.416 e. The number of carbonyl (C=O) groups excluding carboxylic acids is 1. The van der Waals surface area contributed by atoms with Crippen molar-refractivity contribution in [1.29, 1.82) is 0 Å². The minimum absolute atomic E-state index is 0.0510. The lowest BCUT2D eigenvalue weighted by Crippen LogP contribution is -2.27. The van der Waals surface area contributed by atoms with Crippen molar-refractivity contribution in [3.05, 3.63) is 58.7 Å². The SMILES string of the molecule is CCC(=O)N(O)c1cc(C(F)(F)F)ccc1COc1ccc(CC)cc1C. The minimum Gasteiger partial charge on any atom is -0.489 e. The van der Waals surface area contributed by atoms with E-state index in [0.717, 1.165) is 29.7 Å². The third-order valence-electron chi connectivity index (χ3n) is 4.21. The molecule has 2 rings (SSSR count). The zero-order chi connectivity index (χ0) is 20.2. The molecule has 0 saturated carbocycles. The summed E-state index contributed by atoms with van der Waals surface area (Å²) < 4.78 is 44.7. The number of hydroxylamine groups is 1. The van der Waals surface area contributed by atoms with Crippen LogP contribution in [-0.4, -0.2) is 11.1 Å². The lowest BCUT2D eigenvalue weighted by atomic mass is 10.1. The number of benzene rings is 2. The molecule has 2 aromatic carbocycles. The number of alkyl halides is 3. The zero-order valence-corrected chi connectivity index (χ0v) is 15.4. The Morgan fingerprint density at radius 1 is 1.15 bits per heavy atom. The summed E-state index contributed by atoms with van der Waals surface area (Å²) in [5, 5.41) is 10.3. The van der Waals surface area contributed by atoms with E-state index < -0.39 is 17.6 Å². The Bertz CT molecular complexity index is 819. The van der Waals surface area contributed by atoms with Crippen LogP contribution in [0, 0.1) is 6.92 Å². The number of nitrogens with zero attached hydrogens (tertiary/aromatic N) is 1. The van der Waals surface area contributed by atoms with Crippen LogP contribution in [0.25, 0.3) is 0 Å². The Balaban J connectivity index is 2.33. The van der Waals surface area contributed by atoms with Crippen LogP contribution in [0.4, 0.5) is 18.9 Å². The maximum atomic E-state index is 13.0. The van der Waals surface area contributed by atoms with E-state index in [-0.39, 0.29) is 29.3 Å². The van der Waals surface area contributed by atoms with Crippen LogP contribution in [0.1, 0.15) is 42.5 Å². The highest BCUT2D eigenvalue weighted by Crippen LogP contribution is 2.34. The highest BCUT2D eigenvalue weighted by Gasteiger charge is 2.32. The van der Waals surface area contributed by atoms with Crippen LogP contribution in [0.2, 0.25) is 0 Å². The van der Waals surface area contributed by atoms with E-state index in [9.17, 15) is 23.2 Å². The molecule has 0 aliphatic heterocycles. The summed E-state index contributed by atoms with van der Waals surface area (Å²) >= 11 is 0. The van der Waals surface area contributed by atoms with Gasteiger partial charge in [0.15, 0.2) is 0 Å². The first-order valence-corrected chi connectivity index (χ1v) is 8.61. The molecule has 4 nitrogen and oxygen atoms in total. The largest absolute Gasteiger partial charge is 0.489 e. The highest BCUT2D eigenvalue weighted by atomic mass is 19.4. The van der Waals surface area contributed by atoms with Crippen LogP contribution in [0.5, 0.6) is 5.75 Å². The monoisotopic (exact) mass is 381 g/mol. The summed E-state index contributed by atoms with van der Waals surface area (Å²) in [4.78, 5) is 11.8. The number of hydrogen-bond donors (Lipinski definition) is 1. The fourth-order valence-corrected chi connectivity index (χ4v) is 2.59. The summed E-state index contributed by atoms with van der Waals surface area (Å²) in [5.41, 5.74) is 1.12. The fraction of sp³-hybridized carbons (Fsp3) is 0.350. The molecule has 7 heteroatoms. The van der Waals surface area contributed by atoms with Crippen LogP contribution < -0.4 is 9.80 Å². The van der Waals surface area contributed by atoms with Crippen LogP contribution in [0.15, 0.2) is 36.4 Å². The van der Waals surface area contributed by atoms with Crippen molar-refractivity contribution in [3.8, 4) is 5.75 Å². The fourth-order valence-electron chi connectivity index (χ4n) is 2.59. The van der Waals surface area contributed by atoms with Crippen molar-refractivity contribution in [2.75, 3.05) is 5.06 Å². The minimum atomic E-state index is -4.59. The summed E-state index contributed by atoms with van der Waals surface area (Å²) in [6, 6.07) is 8.54. The average Bonchev–Trinajstić information content (AvgIpc) is 2.64. The Kier molecular flexibility index (Phi) is 6.49. The Hall–Kier alpha value is -2.54. The molecule has 0 aliphatic carbocycles. The quantitative estimate of drug-likeness (QED) is 0.547. The van der Waals surface area contributed by atoms with Gasteiger partial charge < -0.3 is 4.74 Å². The second-order valence-electron chi connectivity index (χ2n) is 6.14. The van der Waals surface area contributed by atoms with Gasteiger partial charge in [-0.2, -0.15) is 18.2 Å². The molecule has 0 atom stereocenters. The maximum absolute atomic E-state index is 13.0. The molecule has 1 amide bonds. The molecule has 0 unspecified atom stereocenters. The molecule has 0 radical (unpaired) electrons. The number of halogens is 3. The maximum Gasteiger partial charge on any atom is 0.416 e. The van der Waals surface area contributed by atoms with Gasteiger partial charge in [0.1, 0.15) is 12.4 Å². The van der Waals surface area contributed by atoms with Gasteiger partial charge in [0.2, 0.25) is 5.91 Å². The molecule has 0 heterocycles. The Morgan fingerprint density at radius 3 is 2.41 bits per heavy atom. The zero-order valence-electron chi connectivity index (χ0n) is 15.4. The second-order valence-corrected chi connectivity index (χ2v) is 6.14. The molecule has 0 saturated heterocycles. The molecular formula is C20H22F3NO3. The molecule has 0 bridgehead atoms. The molecule has 0 aromatic heterocycles. The van der Waals surface area contributed by atoms with Gasteiger partial charge in [-0.1, -0.05) is 32.0 Å². The van der Waals surface area contributed by atoms with Crippen molar-refractivity contribution in [1.82, 2.24) is 0 Å². The molecule has 0 aliphatic rings. The van der Waals surface area contributed by atoms with Gasteiger partial charge in [-0.25, -0.2) is 0 Å². The number of hydrogen-bond acceptors (Lipinski definition) is 3. The number of anilines is 1. The van der Waals surface area contributed by atoms with Crippen LogP contribution in [-0.2, 0) is 24.0 Å². The number of aryl methyl sites for hydroxylation is 2. The van der Waals surface area contributed by atoms with Crippen LogP contribution in [0.3, 0.4) is 0 Å². The predicted molar refractivity (Wildman–Crippen MR) is 95.9 cm³/mol. The lowest BCUT2D eigenvalue weighted by molar-refractivity contribution is -0.137. The van der Waals surface area contributed by atoms with E-state index in [1.807, 2.05) is 26.0 Å². The predicted octanol–water partition coefficient (Wildman–Crippen LogP) is 5.29. The first-order valence-electron chi connectivity index (χ1n) is 8.61. The van der Waals surface area contributed by atoms with Crippen molar-refractivity contribution >= 4 is 11.6 Å². The summed E-state index contributed by atoms with van der Waals surface area (Å²) in [5.74, 6) is -0.122. The van der Waals surface area contributed by atoms with Crippen molar-refractivity contribution in [3.63, 3.8) is 0 Å². The summed E-state index contributed by atoms with van der Waals surface area (Å²) in [7, 11) is 0. The normalized spacial score (nSPS) is 11.4. The van der Waals surface area contributed by atoms with Crippen LogP contribution >= 0.6 is 0 Å². The van der Waals surface area contributed by atoms with Gasteiger partial charge in [-0.15, -0.1) is 0 Å². The Labute approximate surface area is 156 Å². The Morgan fingerprint density at radius 2 is 1.85 bits per heavy atom. The standard InChI is InChI=1S/C20H22F3NO3/c1-4-14-6-9-18(13(3)10-14)27-12-15-7-8-16(20(21,22)23)11-17(15)24(26)19(25)5-2/h6-11,26H,4-5,12H2,1-3H3. The number of carbonyl (C=O) groups is 1. The van der Waals surface area contributed by atoms with Gasteiger partial charge in [0, 0.05) is 12.0 Å². The molecule has 0 spiro atoms. The van der Waals surface area contributed by atoms with E-state index in [1.54, 1.807) is 6.07 Å². The average molecular weight is 381 g/mol. The molecule has 146 valence electrons. The molecular weight excluding hydrogens is 359 g/mol. The van der Waals surface area contributed by atoms with Gasteiger partial charge in [0.25, 0.3) is 0 Å². The number of amides is 1. The van der Waals surface area contributed by atoms with E-state index in [1.165, 1.54) is 13.0 Å². The van der Waals surface area contributed by atoms with E-state index in [0.29, 0.717) is 5.75 Å². The van der Waals surface area contributed by atoms with Gasteiger partial charge in [-0.05, 0) is 42.7 Å². The third kappa shape index (κ3) is 5.01. The van der Waals surface area contributed by atoms with E-state index in [2.05, 4.69) is 0 Å². The van der Waals surface area contributed by atoms with Gasteiger partial charge in [0.05, 0.1) is 11.3 Å². The number of rotatable bonds is 6. The summed E-state index contributed by atoms with van der Waals surface area (Å²) in [6.07, 6.45) is -3.76. The third-order valence-corrected chi connectivity index (χ3v) is 4.21. The first kappa shape index (κ1) is 20.8. The first-order chi connectivity index (χ1) is 12.7. The van der Waals surface area contributed by atoms with Crippen molar-refractivity contribution in [2.24, 2.45) is 0 Å². The topological polar surface area (TPSA) is 49.8 Å². The highest BCUT2D eigenvalue weighted by molar-refractivity contribution is 5.91. The van der Waals surface area contributed by atoms with Crippen molar-refractivity contribution in [2.45, 2.75) is 46.4 Å². The molecule has 0 fully saturated rings. The van der Waals surface area contributed by atoms with Gasteiger partial charge in [-0.3, -0.25) is 10.0 Å². The molecule has 2 aromatic rings. The summed E-state index contributed by atoms with van der Waals surface area (Å²) in [6.45, 7) is 5.33. The van der Waals surface area contributed by atoms with Gasteiger partial charge >= 0.3 is 6.18 Å². The number of ether oxygens (including phenoxy) is 1. The second kappa shape index (κ2) is 8.43. The van der Waals surface area contributed by atoms with Crippen molar-refractivity contribution < 1.29 is 27.9 Å².